The molecule has 2 aromatic heterocycles. The van der Waals surface area contributed by atoms with Crippen LogP contribution in [0.1, 0.15) is 21.1 Å². The van der Waals surface area contributed by atoms with Crippen molar-refractivity contribution in [2.24, 2.45) is 0 Å². The summed E-state index contributed by atoms with van der Waals surface area (Å²) in [6.45, 7) is 0.941. The maximum atomic E-state index is 13.8. The molecule has 0 saturated heterocycles. The lowest BCUT2D eigenvalue weighted by atomic mass is 10.1. The molecule has 118 valence electrons. The van der Waals surface area contributed by atoms with Gasteiger partial charge in [-0.2, -0.15) is 0 Å². The number of H-pyrrole nitrogens is 1. The van der Waals surface area contributed by atoms with Crippen LogP contribution >= 0.6 is 11.3 Å². The van der Waals surface area contributed by atoms with E-state index in [4.69, 9.17) is 5.73 Å². The smallest absolute Gasteiger partial charge is 0.270 e. The number of thiazole rings is 1. The van der Waals surface area contributed by atoms with Crippen LogP contribution in [0.5, 0.6) is 0 Å². The first kappa shape index (κ1) is 14.1. The molecule has 23 heavy (non-hydrogen) atoms. The van der Waals surface area contributed by atoms with Crippen molar-refractivity contribution >= 4 is 33.3 Å². The highest BCUT2D eigenvalue weighted by molar-refractivity contribution is 7.15. The summed E-state index contributed by atoms with van der Waals surface area (Å²) < 4.78 is 27.1. The first-order valence-electron chi connectivity index (χ1n) is 7.03. The molecule has 0 aliphatic carbocycles. The zero-order valence-electron chi connectivity index (χ0n) is 11.9. The zero-order chi connectivity index (χ0) is 16.1. The van der Waals surface area contributed by atoms with Gasteiger partial charge in [0.1, 0.15) is 5.69 Å². The number of hydrogen-bond donors (Lipinski definition) is 2. The van der Waals surface area contributed by atoms with Gasteiger partial charge in [0.2, 0.25) is 0 Å². The fourth-order valence-electron chi connectivity index (χ4n) is 2.82. The van der Waals surface area contributed by atoms with Crippen molar-refractivity contribution in [3.8, 4) is 0 Å². The normalized spacial score (nSPS) is 14.3. The van der Waals surface area contributed by atoms with Gasteiger partial charge in [-0.3, -0.25) is 4.79 Å². The van der Waals surface area contributed by atoms with Gasteiger partial charge in [-0.1, -0.05) is 0 Å². The molecule has 0 fully saturated rings. The second-order valence-corrected chi connectivity index (χ2v) is 6.52. The Morgan fingerprint density at radius 2 is 2.22 bits per heavy atom. The fourth-order valence-corrected chi connectivity index (χ4v) is 3.71. The highest BCUT2D eigenvalue weighted by Crippen LogP contribution is 2.28. The third-order valence-electron chi connectivity index (χ3n) is 3.96. The molecule has 1 aliphatic rings. The third kappa shape index (κ3) is 2.26. The first-order chi connectivity index (χ1) is 11.0. The Labute approximate surface area is 133 Å². The summed E-state index contributed by atoms with van der Waals surface area (Å²) >= 11 is 1.37. The third-order valence-corrected chi connectivity index (χ3v) is 4.87. The van der Waals surface area contributed by atoms with Gasteiger partial charge in [0.25, 0.3) is 5.91 Å². The summed E-state index contributed by atoms with van der Waals surface area (Å²) in [6.07, 6.45) is 0.637. The maximum absolute atomic E-state index is 13.8. The number of nitrogens with two attached hydrogens (primary N) is 1. The molecule has 1 aromatic carbocycles. The average Bonchev–Trinajstić information content (AvgIpc) is 3.12. The maximum Gasteiger partial charge on any atom is 0.270 e. The number of nitrogens with zero attached hydrogens (tertiary/aromatic N) is 2. The van der Waals surface area contributed by atoms with Gasteiger partial charge in [-0.05, 0) is 18.2 Å². The lowest BCUT2D eigenvalue weighted by Crippen LogP contribution is -2.35. The molecule has 0 bridgehead atoms. The van der Waals surface area contributed by atoms with Crippen molar-refractivity contribution < 1.29 is 13.6 Å². The summed E-state index contributed by atoms with van der Waals surface area (Å²) in [5.41, 5.74) is 7.26. The van der Waals surface area contributed by atoms with Crippen molar-refractivity contribution in [3.05, 3.63) is 46.1 Å². The van der Waals surface area contributed by atoms with Crippen LogP contribution in [-0.4, -0.2) is 27.3 Å². The minimum Gasteiger partial charge on any atom is -0.375 e. The van der Waals surface area contributed by atoms with Gasteiger partial charge in [-0.25, -0.2) is 13.8 Å². The second kappa shape index (κ2) is 5.02. The van der Waals surface area contributed by atoms with Crippen molar-refractivity contribution in [2.75, 3.05) is 12.3 Å². The molecule has 0 unspecified atom stereocenters. The molecule has 5 nitrogen and oxygen atoms in total. The average molecular weight is 334 g/mol. The van der Waals surface area contributed by atoms with E-state index >= 15 is 0 Å². The van der Waals surface area contributed by atoms with E-state index < -0.39 is 11.6 Å². The van der Waals surface area contributed by atoms with Crippen LogP contribution < -0.4 is 5.73 Å². The highest BCUT2D eigenvalue weighted by Gasteiger charge is 2.26. The van der Waals surface area contributed by atoms with Crippen LogP contribution in [-0.2, 0) is 13.0 Å². The number of nitrogen functional groups attached to an aromatic ring is 1. The minimum atomic E-state index is -0.950. The van der Waals surface area contributed by atoms with Gasteiger partial charge >= 0.3 is 0 Å². The summed E-state index contributed by atoms with van der Waals surface area (Å²) in [4.78, 5) is 22.3. The lowest BCUT2D eigenvalue weighted by molar-refractivity contribution is 0.0731. The zero-order valence-corrected chi connectivity index (χ0v) is 12.7. The van der Waals surface area contributed by atoms with E-state index in [-0.39, 0.29) is 17.0 Å². The topological polar surface area (TPSA) is 75.0 Å². The monoisotopic (exact) mass is 334 g/mol. The summed E-state index contributed by atoms with van der Waals surface area (Å²) in [5, 5.41) is 0.570. The Balaban J connectivity index is 1.66. The molecule has 3 aromatic rings. The highest BCUT2D eigenvalue weighted by atomic mass is 32.1. The predicted molar refractivity (Wildman–Crippen MR) is 83.2 cm³/mol. The quantitative estimate of drug-likeness (QED) is 0.718. The number of carbonyl (C=O) groups excluding carboxylic acids is 1. The van der Waals surface area contributed by atoms with Gasteiger partial charge in [0.15, 0.2) is 16.8 Å². The Bertz CT molecular complexity index is 933. The van der Waals surface area contributed by atoms with Crippen molar-refractivity contribution in [1.82, 2.24) is 14.9 Å². The number of fused-ring (bicyclic) bond motifs is 2. The van der Waals surface area contributed by atoms with E-state index in [9.17, 15) is 13.6 Å². The van der Waals surface area contributed by atoms with Gasteiger partial charge < -0.3 is 15.6 Å². The van der Waals surface area contributed by atoms with Crippen molar-refractivity contribution in [1.29, 1.82) is 0 Å². The van der Waals surface area contributed by atoms with Crippen LogP contribution in [0.4, 0.5) is 13.9 Å². The van der Waals surface area contributed by atoms with Crippen LogP contribution in [0, 0.1) is 11.6 Å². The summed E-state index contributed by atoms with van der Waals surface area (Å²) in [6, 6.07) is 3.81. The molecular weight excluding hydrogens is 322 g/mol. The Morgan fingerprint density at radius 1 is 1.39 bits per heavy atom. The van der Waals surface area contributed by atoms with Crippen LogP contribution in [0.15, 0.2) is 18.2 Å². The standard InChI is InChI=1S/C15H12F2N4OS/c16-8-1-2-9-7(13(8)17)5-11(19-9)14(22)21-4-3-10-12(6-21)23-15(18)20-10/h1-2,5,19H,3-4,6H2,(H2,18,20). The molecule has 0 saturated carbocycles. The number of nitrogens with one attached hydrogen (secondary N) is 1. The number of aromatic amines is 1. The molecule has 0 spiro atoms. The molecule has 3 heterocycles. The van der Waals surface area contributed by atoms with Gasteiger partial charge in [-0.15, -0.1) is 11.3 Å². The molecule has 0 radical (unpaired) electrons. The van der Waals surface area contributed by atoms with E-state index in [1.165, 1.54) is 23.5 Å². The van der Waals surface area contributed by atoms with E-state index in [1.54, 1.807) is 4.90 Å². The van der Waals surface area contributed by atoms with Crippen molar-refractivity contribution in [2.45, 2.75) is 13.0 Å². The van der Waals surface area contributed by atoms with Crippen LogP contribution in [0.3, 0.4) is 0 Å². The van der Waals surface area contributed by atoms with Crippen molar-refractivity contribution in [3.63, 3.8) is 0 Å². The van der Waals surface area contributed by atoms with Gasteiger partial charge in [0, 0.05) is 28.7 Å². The molecule has 1 amide bonds. The van der Waals surface area contributed by atoms with E-state index in [2.05, 4.69) is 9.97 Å². The number of aromatic nitrogens is 2. The first-order valence-corrected chi connectivity index (χ1v) is 7.84. The lowest BCUT2D eigenvalue weighted by Gasteiger charge is -2.25. The number of rotatable bonds is 1. The number of benzene rings is 1. The molecule has 1 aliphatic heterocycles. The number of anilines is 1. The Hall–Kier alpha value is -2.48. The van der Waals surface area contributed by atoms with E-state index in [1.807, 2.05) is 0 Å². The largest absolute Gasteiger partial charge is 0.375 e. The minimum absolute atomic E-state index is 0.0769. The Kier molecular flexibility index (Phi) is 3.08. The molecule has 3 N–H and O–H groups in total. The van der Waals surface area contributed by atoms with E-state index in [0.717, 1.165) is 16.6 Å². The SMILES string of the molecule is Nc1nc2c(s1)CN(C(=O)c1cc3c(F)c(F)ccc3[nH]1)CC2. The van der Waals surface area contributed by atoms with Crippen LogP contribution in [0.2, 0.25) is 0 Å². The number of amides is 1. The molecular formula is C15H12F2N4OS. The number of halogens is 2. The van der Waals surface area contributed by atoms with Gasteiger partial charge in [0.05, 0.1) is 12.2 Å². The van der Waals surface area contributed by atoms with E-state index in [0.29, 0.717) is 30.2 Å². The fraction of sp³-hybridized carbons (Fsp3) is 0.200. The summed E-state index contributed by atoms with van der Waals surface area (Å²) in [5.74, 6) is -2.13. The number of hydrogen-bond acceptors (Lipinski definition) is 4. The molecule has 4 rings (SSSR count). The second-order valence-electron chi connectivity index (χ2n) is 5.40. The predicted octanol–water partition coefficient (Wildman–Crippen LogP) is 2.68. The summed E-state index contributed by atoms with van der Waals surface area (Å²) in [7, 11) is 0. The Morgan fingerprint density at radius 3 is 3.04 bits per heavy atom. The molecule has 0 atom stereocenters. The molecule has 8 heteroatoms. The van der Waals surface area contributed by atoms with Crippen LogP contribution in [0.25, 0.3) is 10.9 Å². The number of carbonyl (C=O) groups is 1.